The average molecular weight is 387 g/mol. The van der Waals surface area contributed by atoms with Gasteiger partial charge in [-0.1, -0.05) is 0 Å². The molecule has 1 aromatic heterocycles. The number of piperazine rings is 1. The summed E-state index contributed by atoms with van der Waals surface area (Å²) >= 11 is 0. The molecule has 1 saturated heterocycles. The van der Waals surface area contributed by atoms with Crippen LogP contribution in [0.25, 0.3) is 0 Å². The van der Waals surface area contributed by atoms with Crippen molar-refractivity contribution in [3.05, 3.63) is 47.4 Å². The number of rotatable bonds is 4. The van der Waals surface area contributed by atoms with Crippen LogP contribution in [0, 0.1) is 11.6 Å². The number of carbonyl (C=O) groups excluding carboxylic acids is 1. The molecule has 0 bridgehead atoms. The van der Waals surface area contributed by atoms with Crippen LogP contribution in [0.1, 0.15) is 24.1 Å². The molecule has 8 heteroatoms. The van der Waals surface area contributed by atoms with Crippen molar-refractivity contribution < 1.29 is 13.6 Å². The normalized spacial score (nSPS) is 17.3. The second-order valence-corrected chi connectivity index (χ2v) is 7.26. The molecule has 1 aliphatic heterocycles. The summed E-state index contributed by atoms with van der Waals surface area (Å²) in [6.45, 7) is 2.94. The number of halogens is 2. The molecule has 1 N–H and O–H groups in total. The number of hydrogen-bond donors (Lipinski definition) is 1. The van der Waals surface area contributed by atoms with Crippen LogP contribution in [0.4, 0.5) is 20.3 Å². The summed E-state index contributed by atoms with van der Waals surface area (Å²) in [5, 5.41) is 2.94. The van der Waals surface area contributed by atoms with Gasteiger partial charge < -0.3 is 10.2 Å². The molecule has 148 valence electrons. The van der Waals surface area contributed by atoms with Crippen LogP contribution < -0.4 is 10.2 Å². The molecule has 6 nitrogen and oxygen atoms in total. The van der Waals surface area contributed by atoms with Crippen molar-refractivity contribution in [3.8, 4) is 0 Å². The number of benzene rings is 1. The number of anilines is 2. The molecule has 0 unspecified atom stereocenters. The molecule has 1 aromatic carbocycles. The molecule has 1 aliphatic carbocycles. The van der Waals surface area contributed by atoms with Gasteiger partial charge in [-0.2, -0.15) is 0 Å². The molecule has 0 saturated carbocycles. The lowest BCUT2D eigenvalue weighted by atomic mass is 9.96. The van der Waals surface area contributed by atoms with E-state index in [0.717, 1.165) is 43.0 Å². The molecule has 0 atom stereocenters. The maximum absolute atomic E-state index is 13.4. The summed E-state index contributed by atoms with van der Waals surface area (Å²) in [6, 6.07) is 3.95. The number of fused-ring (bicyclic) bond motifs is 1. The van der Waals surface area contributed by atoms with E-state index in [9.17, 15) is 13.6 Å². The zero-order valence-electron chi connectivity index (χ0n) is 15.6. The summed E-state index contributed by atoms with van der Waals surface area (Å²) in [7, 11) is 0. The van der Waals surface area contributed by atoms with Crippen LogP contribution in [0.3, 0.4) is 0 Å². The van der Waals surface area contributed by atoms with Gasteiger partial charge >= 0.3 is 0 Å². The molecule has 2 aromatic rings. The molecule has 28 heavy (non-hydrogen) atoms. The highest BCUT2D eigenvalue weighted by molar-refractivity contribution is 5.92. The van der Waals surface area contributed by atoms with Gasteiger partial charge in [-0.3, -0.25) is 9.69 Å². The monoisotopic (exact) mass is 387 g/mol. The Balaban J connectivity index is 1.31. The lowest BCUT2D eigenvalue weighted by Crippen LogP contribution is -2.48. The first kappa shape index (κ1) is 18.7. The molecular weight excluding hydrogens is 364 g/mol. The fraction of sp³-hybridized carbons (Fsp3) is 0.450. The zero-order chi connectivity index (χ0) is 19.5. The Kier molecular flexibility index (Phi) is 5.47. The van der Waals surface area contributed by atoms with E-state index in [-0.39, 0.29) is 12.5 Å². The number of amides is 1. The van der Waals surface area contributed by atoms with Gasteiger partial charge in [0.25, 0.3) is 0 Å². The van der Waals surface area contributed by atoms with E-state index >= 15 is 0 Å². The van der Waals surface area contributed by atoms with Crippen molar-refractivity contribution in [2.24, 2.45) is 0 Å². The molecule has 2 heterocycles. The van der Waals surface area contributed by atoms with Crippen molar-refractivity contribution in [1.29, 1.82) is 0 Å². The van der Waals surface area contributed by atoms with Crippen LogP contribution >= 0.6 is 0 Å². The molecule has 2 aliphatic rings. The maximum Gasteiger partial charge on any atom is 0.239 e. The number of aryl methyl sites for hydroxylation is 1. The molecule has 1 amide bonds. The first-order chi connectivity index (χ1) is 13.6. The van der Waals surface area contributed by atoms with Crippen molar-refractivity contribution in [3.63, 3.8) is 0 Å². The second kappa shape index (κ2) is 8.18. The predicted molar refractivity (Wildman–Crippen MR) is 102 cm³/mol. The topological polar surface area (TPSA) is 61.4 Å². The van der Waals surface area contributed by atoms with E-state index in [1.54, 1.807) is 6.07 Å². The quantitative estimate of drug-likeness (QED) is 0.873. The average Bonchev–Trinajstić information content (AvgIpc) is 2.71. The Morgan fingerprint density at radius 1 is 1.04 bits per heavy atom. The van der Waals surface area contributed by atoms with E-state index in [1.165, 1.54) is 12.4 Å². The number of hydrogen-bond acceptors (Lipinski definition) is 5. The Hall–Kier alpha value is -2.61. The van der Waals surface area contributed by atoms with E-state index in [4.69, 9.17) is 0 Å². The number of nitrogens with one attached hydrogen (secondary N) is 1. The minimum Gasteiger partial charge on any atom is -0.369 e. The summed E-state index contributed by atoms with van der Waals surface area (Å²) in [4.78, 5) is 25.1. The van der Waals surface area contributed by atoms with E-state index in [0.29, 0.717) is 37.7 Å². The maximum atomic E-state index is 13.4. The Bertz CT molecular complexity index is 868. The highest BCUT2D eigenvalue weighted by Gasteiger charge is 2.22. The molecular formula is C20H23F2N5O. The van der Waals surface area contributed by atoms with Gasteiger partial charge in [0.05, 0.1) is 6.54 Å². The summed E-state index contributed by atoms with van der Waals surface area (Å²) < 4.78 is 26.5. The number of aromatic nitrogens is 2. The fourth-order valence-corrected chi connectivity index (χ4v) is 3.85. The third-order valence-electron chi connectivity index (χ3n) is 5.39. The van der Waals surface area contributed by atoms with Gasteiger partial charge in [-0.15, -0.1) is 0 Å². The third-order valence-corrected chi connectivity index (χ3v) is 5.39. The molecule has 4 rings (SSSR count). The van der Waals surface area contributed by atoms with Crippen molar-refractivity contribution >= 4 is 17.4 Å². The largest absolute Gasteiger partial charge is 0.369 e. The van der Waals surface area contributed by atoms with Crippen LogP contribution in [0.5, 0.6) is 0 Å². The fourth-order valence-electron chi connectivity index (χ4n) is 3.85. The van der Waals surface area contributed by atoms with Gasteiger partial charge in [0, 0.05) is 49.2 Å². The van der Waals surface area contributed by atoms with E-state index < -0.39 is 11.6 Å². The summed E-state index contributed by atoms with van der Waals surface area (Å²) in [5.74, 6) is -1.14. The zero-order valence-corrected chi connectivity index (χ0v) is 15.6. The van der Waals surface area contributed by atoms with Crippen molar-refractivity contribution in [1.82, 2.24) is 14.9 Å². The molecule has 0 spiro atoms. The first-order valence-electron chi connectivity index (χ1n) is 9.65. The van der Waals surface area contributed by atoms with Gasteiger partial charge in [-0.05, 0) is 37.8 Å². The van der Waals surface area contributed by atoms with Gasteiger partial charge in [0.1, 0.15) is 12.1 Å². The minimum absolute atomic E-state index is 0.0900. The highest BCUT2D eigenvalue weighted by Crippen LogP contribution is 2.24. The molecule has 1 fully saturated rings. The van der Waals surface area contributed by atoms with Crippen molar-refractivity contribution in [2.45, 2.75) is 25.7 Å². The third kappa shape index (κ3) is 4.11. The lowest BCUT2D eigenvalue weighted by molar-refractivity contribution is -0.117. The van der Waals surface area contributed by atoms with Crippen LogP contribution in [-0.2, 0) is 17.6 Å². The van der Waals surface area contributed by atoms with Gasteiger partial charge in [-0.25, -0.2) is 18.7 Å². The second-order valence-electron chi connectivity index (χ2n) is 7.26. The first-order valence-corrected chi connectivity index (χ1v) is 9.65. The minimum atomic E-state index is -0.842. The van der Waals surface area contributed by atoms with Crippen molar-refractivity contribution in [2.75, 3.05) is 42.9 Å². The smallest absolute Gasteiger partial charge is 0.239 e. The van der Waals surface area contributed by atoms with Gasteiger partial charge in [0.2, 0.25) is 5.91 Å². The summed E-state index contributed by atoms with van der Waals surface area (Å²) in [6.07, 6.45) is 5.57. The standard InChI is InChI=1S/C20H23F2N5O/c21-16-6-5-14(11-17(16)22)27-9-7-26(8-10-27)12-19(28)25-20-15-3-1-2-4-18(15)23-13-24-20/h5-6,11,13H,1-4,7-10,12H2,(H,23,24,25,28). The van der Waals surface area contributed by atoms with Gasteiger partial charge in [0.15, 0.2) is 11.6 Å². The Morgan fingerprint density at radius 2 is 1.82 bits per heavy atom. The van der Waals surface area contributed by atoms with E-state index in [2.05, 4.69) is 20.2 Å². The predicted octanol–water partition coefficient (Wildman–Crippen LogP) is 2.39. The number of carbonyl (C=O) groups is 1. The van der Waals surface area contributed by atoms with Crippen LogP contribution in [0.2, 0.25) is 0 Å². The highest BCUT2D eigenvalue weighted by atomic mass is 19.2. The Labute approximate surface area is 162 Å². The molecule has 0 radical (unpaired) electrons. The summed E-state index contributed by atoms with van der Waals surface area (Å²) in [5.41, 5.74) is 2.76. The Morgan fingerprint density at radius 3 is 2.61 bits per heavy atom. The lowest BCUT2D eigenvalue weighted by Gasteiger charge is -2.35. The number of nitrogens with zero attached hydrogens (tertiary/aromatic N) is 4. The van der Waals surface area contributed by atoms with E-state index in [1.807, 2.05) is 4.90 Å². The SMILES string of the molecule is O=C(CN1CCN(c2ccc(F)c(F)c2)CC1)Nc1ncnc2c1CCCC2. The van der Waals surface area contributed by atoms with Crippen LogP contribution in [0.15, 0.2) is 24.5 Å². The van der Waals surface area contributed by atoms with Crippen LogP contribution in [-0.4, -0.2) is 53.5 Å².